The van der Waals surface area contributed by atoms with Gasteiger partial charge in [-0.25, -0.2) is 0 Å². The van der Waals surface area contributed by atoms with E-state index in [1.165, 1.54) is 16.5 Å². The molecule has 0 bridgehead atoms. The standard InChI is InChI=1S/C15H19N3O/c1-18-10-11(12-5-2-3-7-14(12)18)9-17-13-6-4-8-16-15(13)19/h2-3,5,7,10,13,17H,4,6,8-9H2,1H3,(H,16,19). The Morgan fingerprint density at radius 1 is 1.42 bits per heavy atom. The van der Waals surface area contributed by atoms with Crippen molar-refractivity contribution in [3.63, 3.8) is 0 Å². The molecule has 3 rings (SSSR count). The Morgan fingerprint density at radius 3 is 3.11 bits per heavy atom. The molecule has 1 saturated heterocycles. The van der Waals surface area contributed by atoms with Gasteiger partial charge in [-0.1, -0.05) is 18.2 Å². The molecule has 1 fully saturated rings. The van der Waals surface area contributed by atoms with Crippen LogP contribution in [0.2, 0.25) is 0 Å². The van der Waals surface area contributed by atoms with Crippen molar-refractivity contribution < 1.29 is 4.79 Å². The van der Waals surface area contributed by atoms with Crippen molar-refractivity contribution in [1.82, 2.24) is 15.2 Å². The van der Waals surface area contributed by atoms with Gasteiger partial charge in [-0.05, 0) is 24.5 Å². The van der Waals surface area contributed by atoms with Gasteiger partial charge in [0.2, 0.25) is 5.91 Å². The largest absolute Gasteiger partial charge is 0.355 e. The van der Waals surface area contributed by atoms with Crippen LogP contribution in [-0.4, -0.2) is 23.1 Å². The first-order chi connectivity index (χ1) is 9.25. The van der Waals surface area contributed by atoms with Gasteiger partial charge in [0.15, 0.2) is 0 Å². The summed E-state index contributed by atoms with van der Waals surface area (Å²) in [6.45, 7) is 1.55. The van der Waals surface area contributed by atoms with Crippen molar-refractivity contribution in [2.24, 2.45) is 7.05 Å². The maximum Gasteiger partial charge on any atom is 0.237 e. The van der Waals surface area contributed by atoms with Crippen molar-refractivity contribution in [3.8, 4) is 0 Å². The summed E-state index contributed by atoms with van der Waals surface area (Å²) in [5.74, 6) is 0.131. The molecule has 100 valence electrons. The highest BCUT2D eigenvalue weighted by molar-refractivity contribution is 5.84. The normalized spacial score (nSPS) is 19.6. The van der Waals surface area contributed by atoms with Crippen molar-refractivity contribution >= 4 is 16.8 Å². The molecule has 0 aliphatic carbocycles. The van der Waals surface area contributed by atoms with E-state index in [4.69, 9.17) is 0 Å². The zero-order valence-corrected chi connectivity index (χ0v) is 11.1. The number of aryl methyl sites for hydroxylation is 1. The summed E-state index contributed by atoms with van der Waals surface area (Å²) in [6.07, 6.45) is 4.12. The van der Waals surface area contributed by atoms with Gasteiger partial charge in [0, 0.05) is 37.2 Å². The number of aromatic nitrogens is 1. The molecule has 2 aromatic rings. The lowest BCUT2D eigenvalue weighted by Gasteiger charge is -2.22. The van der Waals surface area contributed by atoms with Gasteiger partial charge in [-0.2, -0.15) is 0 Å². The van der Waals surface area contributed by atoms with E-state index < -0.39 is 0 Å². The highest BCUT2D eigenvalue weighted by Crippen LogP contribution is 2.20. The number of hydrogen-bond acceptors (Lipinski definition) is 2. The summed E-state index contributed by atoms with van der Waals surface area (Å²) < 4.78 is 2.13. The predicted octanol–water partition coefficient (Wildman–Crippen LogP) is 1.55. The van der Waals surface area contributed by atoms with E-state index in [1.807, 2.05) is 6.07 Å². The van der Waals surface area contributed by atoms with Crippen LogP contribution in [0.25, 0.3) is 10.9 Å². The fourth-order valence-corrected chi connectivity index (χ4v) is 2.77. The van der Waals surface area contributed by atoms with Crippen LogP contribution in [0.4, 0.5) is 0 Å². The van der Waals surface area contributed by atoms with Crippen LogP contribution < -0.4 is 10.6 Å². The third-order valence-electron chi connectivity index (χ3n) is 3.80. The van der Waals surface area contributed by atoms with Gasteiger partial charge in [0.1, 0.15) is 0 Å². The van der Waals surface area contributed by atoms with Crippen LogP contribution in [0, 0.1) is 0 Å². The van der Waals surface area contributed by atoms with E-state index >= 15 is 0 Å². The molecule has 0 saturated carbocycles. The van der Waals surface area contributed by atoms with E-state index in [9.17, 15) is 4.79 Å². The zero-order chi connectivity index (χ0) is 13.2. The quantitative estimate of drug-likeness (QED) is 0.876. The third kappa shape index (κ3) is 2.36. The van der Waals surface area contributed by atoms with Crippen LogP contribution in [-0.2, 0) is 18.4 Å². The topological polar surface area (TPSA) is 46.1 Å². The molecule has 4 heteroatoms. The lowest BCUT2D eigenvalue weighted by Crippen LogP contribution is -2.47. The maximum absolute atomic E-state index is 11.7. The molecule has 2 N–H and O–H groups in total. The molecule has 1 aromatic heterocycles. The number of amides is 1. The summed E-state index contributed by atoms with van der Waals surface area (Å²) in [4.78, 5) is 11.7. The Balaban J connectivity index is 1.76. The highest BCUT2D eigenvalue weighted by atomic mass is 16.2. The molecule has 2 heterocycles. The number of hydrogen-bond donors (Lipinski definition) is 2. The number of carbonyl (C=O) groups excluding carboxylic acids is 1. The molecule has 19 heavy (non-hydrogen) atoms. The van der Waals surface area contributed by atoms with Crippen molar-refractivity contribution in [2.75, 3.05) is 6.54 Å². The Morgan fingerprint density at radius 2 is 2.26 bits per heavy atom. The maximum atomic E-state index is 11.7. The number of nitrogens with one attached hydrogen (secondary N) is 2. The van der Waals surface area contributed by atoms with E-state index in [1.54, 1.807) is 0 Å². The number of para-hydroxylation sites is 1. The van der Waals surface area contributed by atoms with Gasteiger partial charge in [-0.15, -0.1) is 0 Å². The molecule has 1 atom stereocenters. The Kier molecular flexibility index (Phi) is 3.25. The molecule has 1 aliphatic heterocycles. The van der Waals surface area contributed by atoms with Crippen LogP contribution in [0.5, 0.6) is 0 Å². The lowest BCUT2D eigenvalue weighted by molar-refractivity contribution is -0.124. The summed E-state index contributed by atoms with van der Waals surface area (Å²) in [6, 6.07) is 8.31. The van der Waals surface area contributed by atoms with Crippen LogP contribution >= 0.6 is 0 Å². The van der Waals surface area contributed by atoms with E-state index in [0.717, 1.165) is 25.9 Å². The minimum atomic E-state index is -0.0484. The molecule has 1 amide bonds. The average Bonchev–Trinajstić information content (AvgIpc) is 2.75. The average molecular weight is 257 g/mol. The number of piperidine rings is 1. The van der Waals surface area contributed by atoms with Crippen molar-refractivity contribution in [1.29, 1.82) is 0 Å². The summed E-state index contributed by atoms with van der Waals surface area (Å²) in [5, 5.41) is 7.53. The van der Waals surface area contributed by atoms with E-state index in [-0.39, 0.29) is 11.9 Å². The Labute approximate surface area is 112 Å². The van der Waals surface area contributed by atoms with Gasteiger partial charge < -0.3 is 15.2 Å². The van der Waals surface area contributed by atoms with Gasteiger partial charge in [-0.3, -0.25) is 4.79 Å². The lowest BCUT2D eigenvalue weighted by atomic mass is 10.1. The van der Waals surface area contributed by atoms with Crippen molar-refractivity contribution in [3.05, 3.63) is 36.0 Å². The highest BCUT2D eigenvalue weighted by Gasteiger charge is 2.21. The SMILES string of the molecule is Cn1cc(CNC2CCCNC2=O)c2ccccc21. The summed E-state index contributed by atoms with van der Waals surface area (Å²) in [5.41, 5.74) is 2.48. The van der Waals surface area contributed by atoms with Gasteiger partial charge in [0.05, 0.1) is 6.04 Å². The second-order valence-corrected chi connectivity index (χ2v) is 5.15. The van der Waals surface area contributed by atoms with E-state index in [0.29, 0.717) is 0 Å². The summed E-state index contributed by atoms with van der Waals surface area (Å²) >= 11 is 0. The fraction of sp³-hybridized carbons (Fsp3) is 0.400. The number of nitrogens with zero attached hydrogens (tertiary/aromatic N) is 1. The molecule has 4 nitrogen and oxygen atoms in total. The van der Waals surface area contributed by atoms with Gasteiger partial charge in [0.25, 0.3) is 0 Å². The molecule has 0 radical (unpaired) electrons. The number of fused-ring (bicyclic) bond motifs is 1. The second-order valence-electron chi connectivity index (χ2n) is 5.15. The first-order valence-electron chi connectivity index (χ1n) is 6.80. The zero-order valence-electron chi connectivity index (χ0n) is 11.1. The summed E-state index contributed by atoms with van der Waals surface area (Å²) in [7, 11) is 2.05. The Bertz CT molecular complexity index is 602. The fourth-order valence-electron chi connectivity index (χ4n) is 2.77. The molecule has 0 spiro atoms. The van der Waals surface area contributed by atoms with E-state index in [2.05, 4.69) is 46.6 Å². The minimum absolute atomic E-state index is 0.0484. The monoisotopic (exact) mass is 257 g/mol. The Hall–Kier alpha value is -1.81. The molecule has 1 aromatic carbocycles. The molecule has 1 aliphatic rings. The number of benzene rings is 1. The van der Waals surface area contributed by atoms with Crippen LogP contribution in [0.3, 0.4) is 0 Å². The van der Waals surface area contributed by atoms with Crippen LogP contribution in [0.1, 0.15) is 18.4 Å². The molecular formula is C15H19N3O. The van der Waals surface area contributed by atoms with Crippen molar-refractivity contribution in [2.45, 2.75) is 25.4 Å². The smallest absolute Gasteiger partial charge is 0.237 e. The number of carbonyl (C=O) groups is 1. The van der Waals surface area contributed by atoms with Crippen LogP contribution in [0.15, 0.2) is 30.5 Å². The first-order valence-corrected chi connectivity index (χ1v) is 6.80. The first kappa shape index (κ1) is 12.2. The van der Waals surface area contributed by atoms with Gasteiger partial charge >= 0.3 is 0 Å². The number of rotatable bonds is 3. The molecule has 1 unspecified atom stereocenters. The third-order valence-corrected chi connectivity index (χ3v) is 3.80. The second kappa shape index (κ2) is 5.05. The molecular weight excluding hydrogens is 238 g/mol. The predicted molar refractivity (Wildman–Crippen MR) is 75.8 cm³/mol. The minimum Gasteiger partial charge on any atom is -0.355 e.